The van der Waals surface area contributed by atoms with Gasteiger partial charge in [-0.3, -0.25) is 34.1 Å². The monoisotopic (exact) mass is 1120 g/mol. The van der Waals surface area contributed by atoms with Gasteiger partial charge in [0.1, 0.15) is 31.5 Å². The number of halogens is 1. The summed E-state index contributed by atoms with van der Waals surface area (Å²) in [6.45, 7) is 20.0. The van der Waals surface area contributed by atoms with Gasteiger partial charge in [0, 0.05) is 107 Å². The molecule has 1 spiro atoms. The predicted molar refractivity (Wildman–Crippen MR) is 305 cm³/mol. The van der Waals surface area contributed by atoms with Crippen LogP contribution in [0.1, 0.15) is 62.1 Å². The van der Waals surface area contributed by atoms with Crippen molar-refractivity contribution >= 4 is 99.6 Å². The minimum absolute atomic E-state index is 0.00988. The lowest BCUT2D eigenvalue weighted by Gasteiger charge is -2.43. The first-order valence-electron chi connectivity index (χ1n) is 26.8. The van der Waals surface area contributed by atoms with Crippen LogP contribution in [0.5, 0.6) is 5.75 Å². The molecular formula is C56H72BrN10O6PSi. The molecule has 398 valence electrons. The summed E-state index contributed by atoms with van der Waals surface area (Å²) in [4.78, 5) is 65.7. The Morgan fingerprint density at radius 1 is 0.880 bits per heavy atom. The Bertz CT molecular complexity index is 3040. The van der Waals surface area contributed by atoms with E-state index in [1.807, 2.05) is 24.3 Å². The van der Waals surface area contributed by atoms with E-state index in [0.717, 1.165) is 124 Å². The number of hydrogen-bond donors (Lipinski definition) is 2. The van der Waals surface area contributed by atoms with Gasteiger partial charge in [0.05, 0.1) is 40.1 Å². The van der Waals surface area contributed by atoms with Crippen molar-refractivity contribution in [2.45, 2.75) is 101 Å². The van der Waals surface area contributed by atoms with Crippen molar-refractivity contribution in [3.05, 3.63) is 88.2 Å². The summed E-state index contributed by atoms with van der Waals surface area (Å²) in [7, 11) is -2.35. The van der Waals surface area contributed by atoms with Crippen molar-refractivity contribution in [1.82, 2.24) is 29.7 Å². The third kappa shape index (κ3) is 11.2. The molecule has 0 radical (unpaired) electrons. The van der Waals surface area contributed by atoms with E-state index in [1.165, 1.54) is 21.7 Å². The fraction of sp³-hybridized carbons (Fsp3) is 0.500. The van der Waals surface area contributed by atoms with Crippen molar-refractivity contribution in [3.8, 4) is 5.75 Å². The van der Waals surface area contributed by atoms with Crippen molar-refractivity contribution in [2.75, 3.05) is 100 Å². The van der Waals surface area contributed by atoms with E-state index in [0.29, 0.717) is 46.7 Å². The molecule has 4 fully saturated rings. The molecule has 3 saturated heterocycles. The Morgan fingerprint density at radius 2 is 1.64 bits per heavy atom. The zero-order valence-electron chi connectivity index (χ0n) is 44.6. The van der Waals surface area contributed by atoms with E-state index in [1.54, 1.807) is 37.7 Å². The summed E-state index contributed by atoms with van der Waals surface area (Å²) >= 11 is 3.62. The first-order chi connectivity index (χ1) is 35.9. The van der Waals surface area contributed by atoms with Crippen LogP contribution in [0.15, 0.2) is 71.5 Å². The number of carbonyl (C=O) groups excluding carboxylic acids is 3. The molecule has 4 aliphatic heterocycles. The molecule has 19 heteroatoms. The number of para-hydroxylation sites is 1. The van der Waals surface area contributed by atoms with Crippen LogP contribution in [-0.2, 0) is 41.9 Å². The summed E-state index contributed by atoms with van der Waals surface area (Å²) in [5.41, 5.74) is 7.17. The molecule has 1 saturated carbocycles. The molecule has 2 N–H and O–H groups in total. The summed E-state index contributed by atoms with van der Waals surface area (Å²) in [6, 6.07) is 19.3. The fourth-order valence-electron chi connectivity index (χ4n) is 11.6. The third-order valence-electron chi connectivity index (χ3n) is 16.0. The largest absolute Gasteiger partial charge is 0.494 e. The van der Waals surface area contributed by atoms with Gasteiger partial charge in [-0.2, -0.15) is 4.98 Å². The van der Waals surface area contributed by atoms with E-state index < -0.39 is 26.7 Å². The first kappa shape index (κ1) is 53.2. The number of rotatable bonds is 18. The van der Waals surface area contributed by atoms with Gasteiger partial charge in [0.15, 0.2) is 0 Å². The van der Waals surface area contributed by atoms with Gasteiger partial charge < -0.3 is 34.5 Å². The van der Waals surface area contributed by atoms with Crippen molar-refractivity contribution in [3.63, 3.8) is 0 Å². The standard InChI is InChI=1S/C56H72BrN10O6PSi/c1-8-38-32-44(61-55-59-34-42(57)52(62-55)60-45-35-58-43-12-10-9-11-40(43)51(45)74(3,4)71)49(72-2)33-48(38)65-23-18-39(19-24-65)64-27-25-63(26-28-64)22-17-37-13-14-46-41(31-37)56(20-21-56)54(70)67(46)47-15-16-50(68)66(53(47)69)36-73-29-30-75(5,6)7/h9-14,31-35,39,47H,8,15-30,36H2,1-7H3,(H2,59,60,61,62). The number of carbonyl (C=O) groups is 3. The number of piperazine rings is 1. The maximum atomic E-state index is 14.2. The van der Waals surface area contributed by atoms with Crippen LogP contribution in [0.25, 0.3) is 10.9 Å². The molecule has 16 nitrogen and oxygen atoms in total. The lowest BCUT2D eigenvalue weighted by Crippen LogP contribution is -2.56. The normalized spacial score (nSPS) is 19.6. The molecule has 1 aliphatic carbocycles. The fourth-order valence-corrected chi connectivity index (χ4v) is 14.1. The van der Waals surface area contributed by atoms with E-state index in [-0.39, 0.29) is 30.9 Å². The highest BCUT2D eigenvalue weighted by atomic mass is 79.9. The van der Waals surface area contributed by atoms with Crippen LogP contribution in [0.4, 0.5) is 34.5 Å². The topological polar surface area (TPSA) is 166 Å². The number of amides is 3. The number of pyridine rings is 1. The van der Waals surface area contributed by atoms with Gasteiger partial charge in [-0.25, -0.2) is 4.98 Å². The number of benzene rings is 3. The Kier molecular flexibility index (Phi) is 15.4. The molecule has 3 aromatic carbocycles. The number of aromatic nitrogens is 3. The smallest absolute Gasteiger partial charge is 0.254 e. The molecule has 5 aromatic rings. The number of nitrogens with zero attached hydrogens (tertiary/aromatic N) is 8. The Balaban J connectivity index is 0.726. The second-order valence-electron chi connectivity index (χ2n) is 22.6. The lowest BCUT2D eigenvalue weighted by atomic mass is 9.95. The summed E-state index contributed by atoms with van der Waals surface area (Å²) in [5.74, 6) is 1.07. The maximum Gasteiger partial charge on any atom is 0.254 e. The van der Waals surface area contributed by atoms with Crippen molar-refractivity contribution in [1.29, 1.82) is 0 Å². The maximum absolute atomic E-state index is 14.2. The number of imide groups is 1. The quantitative estimate of drug-likeness (QED) is 0.0369. The average Bonchev–Trinajstić information content (AvgIpc) is 4.17. The summed E-state index contributed by atoms with van der Waals surface area (Å²) < 4.78 is 26.1. The van der Waals surface area contributed by atoms with E-state index in [2.05, 4.69) is 108 Å². The van der Waals surface area contributed by atoms with Gasteiger partial charge >= 0.3 is 0 Å². The highest BCUT2D eigenvalue weighted by molar-refractivity contribution is 9.10. The number of hydrogen-bond acceptors (Lipinski definition) is 14. The molecule has 2 aromatic heterocycles. The number of likely N-dealkylation sites (tertiary alicyclic amines) is 1. The van der Waals surface area contributed by atoms with Gasteiger partial charge in [-0.1, -0.05) is 56.9 Å². The molecule has 1 unspecified atom stereocenters. The predicted octanol–water partition coefficient (Wildman–Crippen LogP) is 9.13. The van der Waals surface area contributed by atoms with Crippen LogP contribution in [0.2, 0.25) is 25.7 Å². The number of methoxy groups -OCH3 is 1. The van der Waals surface area contributed by atoms with Gasteiger partial charge in [0.25, 0.3) is 5.91 Å². The minimum Gasteiger partial charge on any atom is -0.494 e. The number of ether oxygens (including phenoxy) is 2. The van der Waals surface area contributed by atoms with Crippen LogP contribution in [0, 0.1) is 0 Å². The number of nitrogens with one attached hydrogen (secondary N) is 2. The molecule has 3 amide bonds. The van der Waals surface area contributed by atoms with Crippen LogP contribution in [-0.4, -0.2) is 147 Å². The Hall–Kier alpha value is -5.23. The van der Waals surface area contributed by atoms with E-state index in [9.17, 15) is 18.9 Å². The summed E-state index contributed by atoms with van der Waals surface area (Å²) in [5, 5.41) is 8.40. The number of fused-ring (bicyclic) bond motifs is 3. The van der Waals surface area contributed by atoms with Crippen molar-refractivity contribution in [2.24, 2.45) is 0 Å². The molecular weight excluding hydrogens is 1050 g/mol. The first-order valence-corrected chi connectivity index (χ1v) is 33.9. The molecule has 6 heterocycles. The number of piperidine rings is 2. The SMILES string of the molecule is CCc1cc(Nc2ncc(Br)c(Nc3cnc4ccccc4c3P(C)(C)=O)n2)c(OC)cc1N1CCC(N2CCN(CCc3ccc4c(c3)C3(CC3)C(=O)N4C3CCC(=O)N(COCC[Si](C)(C)C)C3=O)CC2)CC1. The molecule has 5 aliphatic rings. The van der Waals surface area contributed by atoms with Crippen molar-refractivity contribution < 1.29 is 28.4 Å². The number of anilines is 6. The highest BCUT2D eigenvalue weighted by Crippen LogP contribution is 2.58. The van der Waals surface area contributed by atoms with Crippen LogP contribution < -0.4 is 30.5 Å². The zero-order valence-corrected chi connectivity index (χ0v) is 48.1. The Morgan fingerprint density at radius 3 is 2.35 bits per heavy atom. The van der Waals surface area contributed by atoms with Gasteiger partial charge in [0.2, 0.25) is 17.8 Å². The summed E-state index contributed by atoms with van der Waals surface area (Å²) in [6.07, 6.45) is 9.49. The van der Waals surface area contributed by atoms with Crippen LogP contribution in [0.3, 0.4) is 0 Å². The average molecular weight is 1120 g/mol. The van der Waals surface area contributed by atoms with E-state index in [4.69, 9.17) is 14.5 Å². The molecule has 75 heavy (non-hydrogen) atoms. The Labute approximate surface area is 450 Å². The number of aryl methyl sites for hydroxylation is 1. The van der Waals surface area contributed by atoms with Gasteiger partial charge in [-0.15, -0.1) is 0 Å². The molecule has 1 atom stereocenters. The molecule has 10 rings (SSSR count). The third-order valence-corrected chi connectivity index (χ3v) is 19.8. The van der Waals surface area contributed by atoms with E-state index >= 15 is 0 Å². The molecule has 0 bridgehead atoms. The highest BCUT2D eigenvalue weighted by Gasteiger charge is 2.61. The minimum atomic E-state index is -2.72. The lowest BCUT2D eigenvalue weighted by molar-refractivity contribution is -0.156. The zero-order chi connectivity index (χ0) is 52.8. The van der Waals surface area contributed by atoms with Gasteiger partial charge in [-0.05, 0) is 115 Å². The second-order valence-corrected chi connectivity index (χ2v) is 32.2. The second kappa shape index (κ2) is 21.7. The van der Waals surface area contributed by atoms with Crippen LogP contribution >= 0.6 is 23.1 Å².